The Labute approximate surface area is 130 Å². The lowest BCUT2D eigenvalue weighted by Gasteiger charge is -2.24. The lowest BCUT2D eigenvalue weighted by molar-refractivity contribution is -0.123. The molecule has 0 aromatic heterocycles. The Kier molecular flexibility index (Phi) is 4.62. The molecule has 0 radical (unpaired) electrons. The maximum absolute atomic E-state index is 13.6. The zero-order valence-corrected chi connectivity index (χ0v) is 12.9. The van der Waals surface area contributed by atoms with E-state index in [1.54, 1.807) is 12.1 Å². The number of methoxy groups -OCH3 is 1. The summed E-state index contributed by atoms with van der Waals surface area (Å²) in [4.78, 5) is 12.3. The van der Waals surface area contributed by atoms with Crippen molar-refractivity contribution in [3.8, 4) is 5.75 Å². The number of fused-ring (bicyclic) bond motifs is 1. The molecule has 1 saturated carbocycles. The second-order valence-corrected chi connectivity index (χ2v) is 6.29. The Morgan fingerprint density at radius 3 is 2.95 bits per heavy atom. The van der Waals surface area contributed by atoms with E-state index in [0.29, 0.717) is 18.5 Å². The van der Waals surface area contributed by atoms with Crippen LogP contribution in [0.1, 0.15) is 37.7 Å². The smallest absolute Gasteiger partial charge is 0.237 e. The third-order valence-electron chi connectivity index (χ3n) is 4.86. The summed E-state index contributed by atoms with van der Waals surface area (Å²) in [6.07, 6.45) is 5.87. The second kappa shape index (κ2) is 6.65. The fourth-order valence-corrected chi connectivity index (χ4v) is 3.65. The Hall–Kier alpha value is -1.62. The topological polar surface area (TPSA) is 50.4 Å². The van der Waals surface area contributed by atoms with Crippen molar-refractivity contribution in [1.82, 2.24) is 10.6 Å². The number of benzene rings is 1. The molecule has 22 heavy (non-hydrogen) atoms. The van der Waals surface area contributed by atoms with Gasteiger partial charge in [-0.2, -0.15) is 0 Å². The van der Waals surface area contributed by atoms with Gasteiger partial charge in [0.1, 0.15) is 0 Å². The first-order chi connectivity index (χ1) is 10.7. The summed E-state index contributed by atoms with van der Waals surface area (Å²) in [6.45, 7) is 0.341. The summed E-state index contributed by atoms with van der Waals surface area (Å²) in [6, 6.07) is 5.16. The number of hydrogen-bond acceptors (Lipinski definition) is 3. The van der Waals surface area contributed by atoms with E-state index in [0.717, 1.165) is 12.0 Å². The normalized spacial score (nSPS) is 27.3. The number of amides is 1. The first-order valence-corrected chi connectivity index (χ1v) is 8.03. The Balaban J connectivity index is 1.53. The first-order valence-electron chi connectivity index (χ1n) is 8.03. The van der Waals surface area contributed by atoms with Crippen LogP contribution in [0, 0.1) is 11.7 Å². The van der Waals surface area contributed by atoms with Gasteiger partial charge in [-0.3, -0.25) is 4.79 Å². The van der Waals surface area contributed by atoms with Crippen LogP contribution in [-0.2, 0) is 11.3 Å². The van der Waals surface area contributed by atoms with Crippen LogP contribution in [0.3, 0.4) is 0 Å². The Bertz CT molecular complexity index is 535. The molecule has 1 aliphatic carbocycles. The van der Waals surface area contributed by atoms with Crippen molar-refractivity contribution in [2.24, 2.45) is 5.92 Å². The van der Waals surface area contributed by atoms with Crippen LogP contribution < -0.4 is 15.4 Å². The summed E-state index contributed by atoms with van der Waals surface area (Å²) in [5.41, 5.74) is 0.738. The first kappa shape index (κ1) is 15.3. The highest BCUT2D eigenvalue weighted by Crippen LogP contribution is 2.33. The number of hydrogen-bond donors (Lipinski definition) is 2. The van der Waals surface area contributed by atoms with Gasteiger partial charge in [-0.1, -0.05) is 18.9 Å². The van der Waals surface area contributed by atoms with E-state index in [4.69, 9.17) is 4.74 Å². The minimum absolute atomic E-state index is 0.0191. The SMILES string of the molecule is COc1ccc(CNC(=O)C2CC3CCCCC3N2)cc1F. The van der Waals surface area contributed by atoms with Crippen LogP contribution in [0.4, 0.5) is 4.39 Å². The standard InChI is InChI=1S/C17H23FN2O2/c1-22-16-7-6-11(8-13(16)18)10-19-17(21)15-9-12-4-2-3-5-14(12)20-15/h6-8,12,14-15,20H,2-5,9-10H2,1H3,(H,19,21). The van der Waals surface area contributed by atoms with Crippen LogP contribution in [-0.4, -0.2) is 25.1 Å². The van der Waals surface area contributed by atoms with Gasteiger partial charge in [0.05, 0.1) is 13.2 Å². The third-order valence-corrected chi connectivity index (χ3v) is 4.86. The van der Waals surface area contributed by atoms with Gasteiger partial charge in [0, 0.05) is 12.6 Å². The van der Waals surface area contributed by atoms with E-state index in [-0.39, 0.29) is 17.7 Å². The Morgan fingerprint density at radius 2 is 2.23 bits per heavy atom. The molecule has 1 heterocycles. The van der Waals surface area contributed by atoms with Crippen LogP contribution in [0.15, 0.2) is 18.2 Å². The van der Waals surface area contributed by atoms with Gasteiger partial charge in [0.25, 0.3) is 0 Å². The molecule has 1 aromatic carbocycles. The van der Waals surface area contributed by atoms with Gasteiger partial charge in [-0.25, -0.2) is 4.39 Å². The molecular formula is C17H23FN2O2. The van der Waals surface area contributed by atoms with Crippen molar-refractivity contribution >= 4 is 5.91 Å². The number of rotatable bonds is 4. The highest BCUT2D eigenvalue weighted by atomic mass is 19.1. The van der Waals surface area contributed by atoms with Crippen LogP contribution in [0.25, 0.3) is 0 Å². The largest absolute Gasteiger partial charge is 0.494 e. The zero-order chi connectivity index (χ0) is 15.5. The average Bonchev–Trinajstić information content (AvgIpc) is 2.97. The number of ether oxygens (including phenoxy) is 1. The molecule has 3 atom stereocenters. The number of carbonyl (C=O) groups excluding carboxylic acids is 1. The highest BCUT2D eigenvalue weighted by molar-refractivity contribution is 5.82. The zero-order valence-electron chi connectivity index (χ0n) is 12.9. The molecule has 5 heteroatoms. The fraction of sp³-hybridized carbons (Fsp3) is 0.588. The van der Waals surface area contributed by atoms with E-state index in [1.165, 1.54) is 38.9 Å². The van der Waals surface area contributed by atoms with Crippen molar-refractivity contribution < 1.29 is 13.9 Å². The molecule has 4 nitrogen and oxygen atoms in total. The summed E-state index contributed by atoms with van der Waals surface area (Å²) in [7, 11) is 1.44. The minimum atomic E-state index is -0.403. The van der Waals surface area contributed by atoms with E-state index < -0.39 is 5.82 Å². The summed E-state index contributed by atoms with van der Waals surface area (Å²) in [5.74, 6) is 0.476. The van der Waals surface area contributed by atoms with Crippen LogP contribution in [0.2, 0.25) is 0 Å². The van der Waals surface area contributed by atoms with Gasteiger partial charge in [-0.05, 0) is 42.9 Å². The monoisotopic (exact) mass is 306 g/mol. The molecule has 0 bridgehead atoms. The van der Waals surface area contributed by atoms with E-state index in [2.05, 4.69) is 10.6 Å². The van der Waals surface area contributed by atoms with Crippen molar-refractivity contribution in [2.45, 2.75) is 50.7 Å². The Morgan fingerprint density at radius 1 is 1.41 bits per heavy atom. The van der Waals surface area contributed by atoms with Crippen molar-refractivity contribution in [2.75, 3.05) is 7.11 Å². The van der Waals surface area contributed by atoms with Gasteiger partial charge in [-0.15, -0.1) is 0 Å². The predicted octanol–water partition coefficient (Wildman–Crippen LogP) is 2.37. The minimum Gasteiger partial charge on any atom is -0.494 e. The highest BCUT2D eigenvalue weighted by Gasteiger charge is 2.37. The van der Waals surface area contributed by atoms with E-state index in [1.807, 2.05) is 0 Å². The average molecular weight is 306 g/mol. The fourth-order valence-electron chi connectivity index (χ4n) is 3.65. The van der Waals surface area contributed by atoms with E-state index in [9.17, 15) is 9.18 Å². The molecular weight excluding hydrogens is 283 g/mol. The van der Waals surface area contributed by atoms with Crippen molar-refractivity contribution in [3.05, 3.63) is 29.6 Å². The quantitative estimate of drug-likeness (QED) is 0.898. The molecule has 2 fully saturated rings. The molecule has 1 aliphatic heterocycles. The summed E-state index contributed by atoms with van der Waals surface area (Å²) in [5, 5.41) is 6.36. The van der Waals surface area contributed by atoms with Gasteiger partial charge in [0.2, 0.25) is 5.91 Å². The molecule has 1 aromatic rings. The molecule has 3 unspecified atom stereocenters. The lowest BCUT2D eigenvalue weighted by atomic mass is 9.85. The summed E-state index contributed by atoms with van der Waals surface area (Å²) >= 11 is 0. The second-order valence-electron chi connectivity index (χ2n) is 6.29. The number of halogens is 1. The van der Waals surface area contributed by atoms with Crippen LogP contribution in [0.5, 0.6) is 5.75 Å². The third kappa shape index (κ3) is 3.24. The number of nitrogens with one attached hydrogen (secondary N) is 2. The summed E-state index contributed by atoms with van der Waals surface area (Å²) < 4.78 is 18.5. The maximum atomic E-state index is 13.6. The molecule has 2 aliphatic rings. The molecule has 2 N–H and O–H groups in total. The predicted molar refractivity (Wildman–Crippen MR) is 82.1 cm³/mol. The molecule has 120 valence electrons. The van der Waals surface area contributed by atoms with Crippen molar-refractivity contribution in [3.63, 3.8) is 0 Å². The van der Waals surface area contributed by atoms with Gasteiger partial charge < -0.3 is 15.4 Å². The number of carbonyl (C=O) groups is 1. The van der Waals surface area contributed by atoms with Gasteiger partial charge >= 0.3 is 0 Å². The molecule has 1 amide bonds. The van der Waals surface area contributed by atoms with Crippen molar-refractivity contribution in [1.29, 1.82) is 0 Å². The molecule has 0 spiro atoms. The maximum Gasteiger partial charge on any atom is 0.237 e. The molecule has 1 saturated heterocycles. The molecule has 3 rings (SSSR count). The lowest BCUT2D eigenvalue weighted by Crippen LogP contribution is -2.42. The van der Waals surface area contributed by atoms with Crippen LogP contribution >= 0.6 is 0 Å². The van der Waals surface area contributed by atoms with E-state index >= 15 is 0 Å². The van der Waals surface area contributed by atoms with Gasteiger partial charge in [0.15, 0.2) is 11.6 Å².